The molecule has 0 unspecified atom stereocenters. The van der Waals surface area contributed by atoms with Gasteiger partial charge in [0.1, 0.15) is 0 Å². The first-order valence-corrected chi connectivity index (χ1v) is 6.82. The molecular formula is C14H16ClFN2O. The average Bonchev–Trinajstić information content (AvgIpc) is 2.43. The maximum Gasteiger partial charge on any atom is 0.254 e. The van der Waals surface area contributed by atoms with Crippen LogP contribution in [0.25, 0.3) is 0 Å². The third-order valence-electron chi connectivity index (χ3n) is 3.21. The van der Waals surface area contributed by atoms with Crippen molar-refractivity contribution >= 4 is 17.5 Å². The molecule has 1 aliphatic carbocycles. The van der Waals surface area contributed by atoms with Crippen LogP contribution in [0.5, 0.6) is 0 Å². The molecule has 102 valence electrons. The second-order valence-electron chi connectivity index (χ2n) is 4.58. The largest absolute Gasteiger partial charge is 0.352 e. The van der Waals surface area contributed by atoms with Gasteiger partial charge in [-0.05, 0) is 38.2 Å². The van der Waals surface area contributed by atoms with E-state index in [1.807, 2.05) is 0 Å². The van der Waals surface area contributed by atoms with Gasteiger partial charge in [0.25, 0.3) is 5.91 Å². The molecular weight excluding hydrogens is 267 g/mol. The third kappa shape index (κ3) is 3.77. The van der Waals surface area contributed by atoms with Crippen molar-refractivity contribution in [1.82, 2.24) is 10.3 Å². The molecule has 19 heavy (non-hydrogen) atoms. The van der Waals surface area contributed by atoms with Crippen LogP contribution in [-0.4, -0.2) is 17.4 Å². The molecule has 1 N–H and O–H groups in total. The molecule has 0 atom stereocenters. The number of pyridine rings is 1. The van der Waals surface area contributed by atoms with Gasteiger partial charge in [0, 0.05) is 12.7 Å². The summed E-state index contributed by atoms with van der Waals surface area (Å²) in [5, 5.41) is 2.43. The zero-order chi connectivity index (χ0) is 13.7. The minimum atomic E-state index is -0.765. The van der Waals surface area contributed by atoms with Gasteiger partial charge in [-0.25, -0.2) is 9.37 Å². The van der Waals surface area contributed by atoms with E-state index >= 15 is 0 Å². The van der Waals surface area contributed by atoms with Crippen molar-refractivity contribution in [2.45, 2.75) is 32.1 Å². The summed E-state index contributed by atoms with van der Waals surface area (Å²) < 4.78 is 13.6. The molecule has 1 aliphatic rings. The molecule has 0 saturated carbocycles. The van der Waals surface area contributed by atoms with Crippen LogP contribution in [0.1, 0.15) is 42.5 Å². The molecule has 1 amide bonds. The SMILES string of the molecule is O=C(NCCC1=CCCCC1)c1ccnc(Cl)c1F. The lowest BCUT2D eigenvalue weighted by atomic mass is 9.97. The summed E-state index contributed by atoms with van der Waals surface area (Å²) in [7, 11) is 0. The molecule has 0 fully saturated rings. The van der Waals surface area contributed by atoms with E-state index in [0.29, 0.717) is 6.54 Å². The van der Waals surface area contributed by atoms with E-state index in [2.05, 4.69) is 16.4 Å². The summed E-state index contributed by atoms with van der Waals surface area (Å²) in [6, 6.07) is 1.33. The van der Waals surface area contributed by atoms with Crippen molar-refractivity contribution in [3.8, 4) is 0 Å². The maximum absolute atomic E-state index is 13.6. The van der Waals surface area contributed by atoms with E-state index in [-0.39, 0.29) is 10.7 Å². The predicted molar refractivity (Wildman–Crippen MR) is 72.7 cm³/mol. The molecule has 0 aromatic carbocycles. The van der Waals surface area contributed by atoms with Crippen LogP contribution < -0.4 is 5.32 Å². The number of hydrogen-bond acceptors (Lipinski definition) is 2. The van der Waals surface area contributed by atoms with Crippen molar-refractivity contribution < 1.29 is 9.18 Å². The predicted octanol–water partition coefficient (Wildman–Crippen LogP) is 3.49. The molecule has 5 heteroatoms. The summed E-state index contributed by atoms with van der Waals surface area (Å²) in [5.41, 5.74) is 1.32. The van der Waals surface area contributed by atoms with Crippen molar-refractivity contribution in [3.63, 3.8) is 0 Å². The second-order valence-corrected chi connectivity index (χ2v) is 4.94. The highest BCUT2D eigenvalue weighted by Gasteiger charge is 2.14. The smallest absolute Gasteiger partial charge is 0.254 e. The second kappa shape index (κ2) is 6.66. The number of carbonyl (C=O) groups excluding carboxylic acids is 1. The van der Waals surface area contributed by atoms with Gasteiger partial charge in [0.05, 0.1) is 5.56 Å². The average molecular weight is 283 g/mol. The lowest BCUT2D eigenvalue weighted by molar-refractivity contribution is 0.0950. The van der Waals surface area contributed by atoms with E-state index in [9.17, 15) is 9.18 Å². The first-order chi connectivity index (χ1) is 9.18. The van der Waals surface area contributed by atoms with E-state index in [0.717, 1.165) is 19.3 Å². The van der Waals surface area contributed by atoms with E-state index in [1.165, 1.54) is 30.7 Å². The minimum absolute atomic E-state index is 0.0578. The van der Waals surface area contributed by atoms with Gasteiger partial charge in [-0.1, -0.05) is 23.3 Å². The summed E-state index contributed by atoms with van der Waals surface area (Å²) in [5.74, 6) is -1.21. The lowest BCUT2D eigenvalue weighted by Gasteiger charge is -2.13. The number of carbonyl (C=O) groups is 1. The topological polar surface area (TPSA) is 42.0 Å². The number of amides is 1. The number of rotatable bonds is 4. The highest BCUT2D eigenvalue weighted by Crippen LogP contribution is 2.19. The van der Waals surface area contributed by atoms with Crippen molar-refractivity contribution in [2.24, 2.45) is 0 Å². The number of halogens is 2. The fourth-order valence-corrected chi connectivity index (χ4v) is 2.32. The highest BCUT2D eigenvalue weighted by atomic mass is 35.5. The van der Waals surface area contributed by atoms with Crippen molar-refractivity contribution in [3.05, 3.63) is 40.4 Å². The van der Waals surface area contributed by atoms with E-state index < -0.39 is 11.7 Å². The minimum Gasteiger partial charge on any atom is -0.352 e. The Morgan fingerprint density at radius 2 is 2.32 bits per heavy atom. The van der Waals surface area contributed by atoms with E-state index in [1.54, 1.807) is 0 Å². The van der Waals surface area contributed by atoms with Crippen molar-refractivity contribution in [1.29, 1.82) is 0 Å². The van der Waals surface area contributed by atoms with Crippen molar-refractivity contribution in [2.75, 3.05) is 6.54 Å². The van der Waals surface area contributed by atoms with Crippen LogP contribution in [0.3, 0.4) is 0 Å². The van der Waals surface area contributed by atoms with Crippen LogP contribution in [0.15, 0.2) is 23.9 Å². The normalized spacial score (nSPS) is 14.9. The number of aromatic nitrogens is 1. The Balaban J connectivity index is 1.87. The maximum atomic E-state index is 13.6. The fourth-order valence-electron chi connectivity index (χ4n) is 2.16. The quantitative estimate of drug-likeness (QED) is 0.678. The Hall–Kier alpha value is -1.42. The molecule has 0 spiro atoms. The monoisotopic (exact) mass is 282 g/mol. The molecule has 3 nitrogen and oxygen atoms in total. The Bertz CT molecular complexity index is 502. The summed E-state index contributed by atoms with van der Waals surface area (Å²) in [4.78, 5) is 15.4. The van der Waals surface area contributed by atoms with E-state index in [4.69, 9.17) is 11.6 Å². The molecule has 0 saturated heterocycles. The van der Waals surface area contributed by atoms with Crippen LogP contribution >= 0.6 is 11.6 Å². The van der Waals surface area contributed by atoms with Crippen LogP contribution in [0.4, 0.5) is 4.39 Å². The highest BCUT2D eigenvalue weighted by molar-refractivity contribution is 6.29. The number of nitrogens with zero attached hydrogens (tertiary/aromatic N) is 1. The molecule has 0 bridgehead atoms. The molecule has 1 heterocycles. The fraction of sp³-hybridized carbons (Fsp3) is 0.429. The van der Waals surface area contributed by atoms with Gasteiger partial charge in [-0.2, -0.15) is 0 Å². The zero-order valence-corrected chi connectivity index (χ0v) is 11.3. The number of hydrogen-bond donors (Lipinski definition) is 1. The number of allylic oxidation sites excluding steroid dienone is 1. The van der Waals surface area contributed by atoms with Gasteiger partial charge in [-0.15, -0.1) is 0 Å². The number of nitrogens with one attached hydrogen (secondary N) is 1. The Morgan fingerprint density at radius 1 is 1.47 bits per heavy atom. The Labute approximate surface area is 116 Å². The van der Waals surface area contributed by atoms with Gasteiger partial charge in [0.15, 0.2) is 11.0 Å². The molecule has 1 aromatic rings. The summed E-state index contributed by atoms with van der Waals surface area (Å²) in [6.07, 6.45) is 9.07. The standard InChI is InChI=1S/C14H16ClFN2O/c15-13-12(16)11(7-9-17-13)14(19)18-8-6-10-4-2-1-3-5-10/h4,7,9H,1-3,5-6,8H2,(H,18,19). The summed E-state index contributed by atoms with van der Waals surface area (Å²) >= 11 is 5.54. The van der Waals surface area contributed by atoms with Gasteiger partial charge < -0.3 is 5.32 Å². The lowest BCUT2D eigenvalue weighted by Crippen LogP contribution is -2.26. The van der Waals surface area contributed by atoms with Gasteiger partial charge in [-0.3, -0.25) is 4.79 Å². The molecule has 1 aromatic heterocycles. The molecule has 2 rings (SSSR count). The molecule has 0 aliphatic heterocycles. The zero-order valence-electron chi connectivity index (χ0n) is 10.6. The summed E-state index contributed by atoms with van der Waals surface area (Å²) in [6.45, 7) is 0.518. The Kier molecular flexibility index (Phi) is 4.91. The van der Waals surface area contributed by atoms with Crippen LogP contribution in [0.2, 0.25) is 5.15 Å². The first-order valence-electron chi connectivity index (χ1n) is 6.44. The van der Waals surface area contributed by atoms with Gasteiger partial charge >= 0.3 is 0 Å². The third-order valence-corrected chi connectivity index (χ3v) is 3.47. The molecule has 0 radical (unpaired) electrons. The van der Waals surface area contributed by atoms with Gasteiger partial charge in [0.2, 0.25) is 0 Å². The first kappa shape index (κ1) is 14.0. The van der Waals surface area contributed by atoms with Crippen LogP contribution in [-0.2, 0) is 0 Å². The Morgan fingerprint density at radius 3 is 3.05 bits per heavy atom. The van der Waals surface area contributed by atoms with Crippen LogP contribution in [0, 0.1) is 5.82 Å².